The molecule has 0 amide bonds. The van der Waals surface area contributed by atoms with Crippen LogP contribution in [0.1, 0.15) is 0 Å². The Bertz CT molecular complexity index is 153. The van der Waals surface area contributed by atoms with Gasteiger partial charge in [0.15, 0.2) is 5.62 Å². The lowest BCUT2D eigenvalue weighted by molar-refractivity contribution is 0.569. The van der Waals surface area contributed by atoms with E-state index in [-0.39, 0.29) is 0 Å². The van der Waals surface area contributed by atoms with Gasteiger partial charge in [0.1, 0.15) is 0 Å². The van der Waals surface area contributed by atoms with Crippen molar-refractivity contribution in [3.63, 3.8) is 0 Å². The van der Waals surface area contributed by atoms with E-state index in [1.165, 1.54) is 0 Å². The van der Waals surface area contributed by atoms with Crippen LogP contribution < -0.4 is 0 Å². The van der Waals surface area contributed by atoms with Crippen LogP contribution >= 0.6 is 23.5 Å². The summed E-state index contributed by atoms with van der Waals surface area (Å²) in [5, 5.41) is 1.76. The minimum atomic E-state index is -1.52. The Balaban J connectivity index is 2.83. The molecule has 0 fully saturated rings. The SMILES string of the molecule is O=CS1(Br)C=CC=N1. The van der Waals surface area contributed by atoms with Crippen LogP contribution in [0.3, 0.4) is 0 Å². The molecule has 2 nitrogen and oxygen atoms in total. The summed E-state index contributed by atoms with van der Waals surface area (Å²) in [5.74, 6) is 0. The Labute approximate surface area is 56.3 Å². The fourth-order valence-electron chi connectivity index (χ4n) is 0.366. The minimum absolute atomic E-state index is 0.826. The first-order valence-electron chi connectivity index (χ1n) is 1.97. The molecule has 0 radical (unpaired) electrons. The van der Waals surface area contributed by atoms with E-state index >= 15 is 0 Å². The van der Waals surface area contributed by atoms with Crippen LogP contribution in [-0.4, -0.2) is 11.8 Å². The van der Waals surface area contributed by atoms with Crippen LogP contribution in [0, 0.1) is 0 Å². The molecular weight excluding hydrogens is 190 g/mol. The van der Waals surface area contributed by atoms with E-state index in [0.717, 1.165) is 5.62 Å². The zero-order valence-corrected chi connectivity index (χ0v) is 6.35. The van der Waals surface area contributed by atoms with Crippen LogP contribution in [-0.2, 0) is 4.79 Å². The van der Waals surface area contributed by atoms with Crippen LogP contribution in [0.15, 0.2) is 15.9 Å². The average molecular weight is 194 g/mol. The molecule has 44 valence electrons. The molecule has 4 heteroatoms. The largest absolute Gasteiger partial charge is 0.290 e. The average Bonchev–Trinajstić information content (AvgIpc) is 2.17. The summed E-state index contributed by atoms with van der Waals surface area (Å²) >= 11 is 3.18. The molecule has 1 rings (SSSR count). The third-order valence-electron chi connectivity index (χ3n) is 0.713. The second-order valence-electron chi connectivity index (χ2n) is 1.27. The van der Waals surface area contributed by atoms with Crippen LogP contribution in [0.4, 0.5) is 0 Å². The monoisotopic (exact) mass is 193 g/mol. The van der Waals surface area contributed by atoms with Gasteiger partial charge >= 0.3 is 0 Å². The standard InChI is InChI=1S/C4H4BrNOS/c5-8(4-7)3-1-2-6-8/h1-4H. The first-order valence-corrected chi connectivity index (χ1v) is 5.53. The van der Waals surface area contributed by atoms with Crippen LogP contribution in [0.25, 0.3) is 0 Å². The van der Waals surface area contributed by atoms with E-state index in [4.69, 9.17) is 0 Å². The van der Waals surface area contributed by atoms with Gasteiger partial charge in [-0.05, 0) is 20.1 Å². The lowest BCUT2D eigenvalue weighted by Crippen LogP contribution is -1.75. The summed E-state index contributed by atoms with van der Waals surface area (Å²) in [6.45, 7) is 0. The summed E-state index contributed by atoms with van der Waals surface area (Å²) in [7, 11) is -1.52. The highest BCUT2D eigenvalue weighted by molar-refractivity contribution is 9.60. The number of carbonyl (C=O) groups excluding carboxylic acids is 1. The molecule has 0 bridgehead atoms. The minimum Gasteiger partial charge on any atom is -0.290 e. The molecule has 0 aliphatic carbocycles. The van der Waals surface area contributed by atoms with Crippen molar-refractivity contribution in [3.8, 4) is 0 Å². The zero-order chi connectivity index (χ0) is 6.04. The van der Waals surface area contributed by atoms with E-state index in [0.29, 0.717) is 0 Å². The molecule has 0 spiro atoms. The Morgan fingerprint density at radius 1 is 1.75 bits per heavy atom. The summed E-state index contributed by atoms with van der Waals surface area (Å²) in [4.78, 5) is 10.2. The van der Waals surface area contributed by atoms with Gasteiger partial charge in [0.25, 0.3) is 0 Å². The number of hydrogen-bond donors (Lipinski definition) is 0. The highest BCUT2D eigenvalue weighted by Crippen LogP contribution is 2.57. The van der Waals surface area contributed by atoms with Crippen LogP contribution in [0.5, 0.6) is 0 Å². The molecular formula is C4H4BrNOS. The summed E-state index contributed by atoms with van der Waals surface area (Å²) in [5.41, 5.74) is 0.826. The number of hydrogen-bond acceptors (Lipinski definition) is 2. The Kier molecular flexibility index (Phi) is 1.53. The quantitative estimate of drug-likeness (QED) is 0.585. The van der Waals surface area contributed by atoms with Gasteiger partial charge in [0.05, 0.1) is 0 Å². The van der Waals surface area contributed by atoms with Gasteiger partial charge in [0.2, 0.25) is 0 Å². The summed E-state index contributed by atoms with van der Waals surface area (Å²) in [6, 6.07) is 0. The Morgan fingerprint density at radius 2 is 2.50 bits per heavy atom. The lowest BCUT2D eigenvalue weighted by atomic mass is 10.7. The molecule has 0 aromatic heterocycles. The van der Waals surface area contributed by atoms with Crippen molar-refractivity contribution in [1.29, 1.82) is 0 Å². The second kappa shape index (κ2) is 2.03. The van der Waals surface area contributed by atoms with Gasteiger partial charge < -0.3 is 0 Å². The normalized spacial score (nSPS) is 41.6. The van der Waals surface area contributed by atoms with Crippen molar-refractivity contribution >= 4 is 35.3 Å². The number of rotatable bonds is 1. The maximum atomic E-state index is 10.2. The fourth-order valence-corrected chi connectivity index (χ4v) is 1.76. The van der Waals surface area contributed by atoms with Crippen molar-refractivity contribution in [1.82, 2.24) is 0 Å². The van der Waals surface area contributed by atoms with Crippen LogP contribution in [0.2, 0.25) is 0 Å². The Morgan fingerprint density at radius 3 is 2.75 bits per heavy atom. The predicted octanol–water partition coefficient (Wildman–Crippen LogP) is 1.80. The summed E-state index contributed by atoms with van der Waals surface area (Å²) < 4.78 is 3.88. The molecule has 1 atom stereocenters. The highest BCUT2D eigenvalue weighted by Gasteiger charge is 2.14. The molecule has 1 heterocycles. The molecule has 1 aliphatic heterocycles. The van der Waals surface area contributed by atoms with Crippen molar-refractivity contribution < 1.29 is 4.79 Å². The number of halogens is 1. The summed E-state index contributed by atoms with van der Waals surface area (Å²) in [6.07, 6.45) is 3.39. The van der Waals surface area contributed by atoms with Crippen molar-refractivity contribution in [2.45, 2.75) is 0 Å². The van der Waals surface area contributed by atoms with E-state index in [9.17, 15) is 4.79 Å². The molecule has 8 heavy (non-hydrogen) atoms. The first kappa shape index (κ1) is 6.04. The van der Waals surface area contributed by atoms with Gasteiger partial charge in [-0.1, -0.05) is 0 Å². The number of carbonyl (C=O) groups is 1. The molecule has 0 aromatic carbocycles. The van der Waals surface area contributed by atoms with Gasteiger partial charge in [-0.25, -0.2) is 4.40 Å². The smallest absolute Gasteiger partial charge is 0.190 e. The van der Waals surface area contributed by atoms with E-state index < -0.39 is 8.65 Å². The molecule has 1 unspecified atom stereocenters. The molecule has 0 aromatic rings. The molecule has 0 saturated heterocycles. The topological polar surface area (TPSA) is 29.4 Å². The predicted molar refractivity (Wildman–Crippen MR) is 40.9 cm³/mol. The van der Waals surface area contributed by atoms with E-state index in [1.807, 2.05) is 0 Å². The van der Waals surface area contributed by atoms with E-state index in [1.54, 1.807) is 17.7 Å². The fraction of sp³-hybridized carbons (Fsp3) is 0. The third kappa shape index (κ3) is 1.00. The first-order chi connectivity index (χ1) is 3.77. The Hall–Kier alpha value is -0.0900. The number of nitrogens with zero attached hydrogens (tertiary/aromatic N) is 1. The maximum absolute atomic E-state index is 10.2. The highest BCUT2D eigenvalue weighted by atomic mass is 79.9. The zero-order valence-electron chi connectivity index (χ0n) is 3.95. The van der Waals surface area contributed by atoms with Crippen molar-refractivity contribution in [2.24, 2.45) is 4.40 Å². The van der Waals surface area contributed by atoms with E-state index in [2.05, 4.69) is 19.2 Å². The van der Waals surface area contributed by atoms with Gasteiger partial charge in [-0.2, -0.15) is 0 Å². The lowest BCUT2D eigenvalue weighted by Gasteiger charge is -2.09. The molecule has 0 N–H and O–H groups in total. The van der Waals surface area contributed by atoms with Crippen molar-refractivity contribution in [2.75, 3.05) is 0 Å². The maximum Gasteiger partial charge on any atom is 0.190 e. The number of allylic oxidation sites excluding steroid dienone is 1. The van der Waals surface area contributed by atoms with Crippen molar-refractivity contribution in [3.05, 3.63) is 11.5 Å². The molecule has 1 aliphatic rings. The van der Waals surface area contributed by atoms with Gasteiger partial charge in [-0.15, -0.1) is 0 Å². The molecule has 0 saturated carbocycles. The third-order valence-corrected chi connectivity index (χ3v) is 3.57. The van der Waals surface area contributed by atoms with Gasteiger partial charge in [-0.3, -0.25) is 4.79 Å². The second-order valence-corrected chi connectivity index (χ2v) is 6.25. The van der Waals surface area contributed by atoms with Gasteiger partial charge in [0, 0.05) is 21.0 Å².